The van der Waals surface area contributed by atoms with E-state index in [4.69, 9.17) is 0 Å². The molecule has 1 aromatic rings. The zero-order valence-electron chi connectivity index (χ0n) is 15.1. The first-order valence-electron chi connectivity index (χ1n) is 8.78. The van der Waals surface area contributed by atoms with E-state index < -0.39 is 21.4 Å². The second-order valence-electron chi connectivity index (χ2n) is 7.44. The number of carboxylic acid groups (broad SMARTS) is 1. The largest absolute Gasteiger partial charge is 0.481 e. The number of aliphatic carboxylic acids is 1. The smallest absolute Gasteiger partial charge is 0.311 e. The third-order valence-electron chi connectivity index (χ3n) is 5.33. The summed E-state index contributed by atoms with van der Waals surface area (Å²) in [5, 5.41) is 9.43. The summed E-state index contributed by atoms with van der Waals surface area (Å²) in [4.78, 5) is 26.0. The van der Waals surface area contributed by atoms with Gasteiger partial charge in [-0.25, -0.2) is 8.42 Å². The van der Waals surface area contributed by atoms with Crippen LogP contribution < -0.4 is 4.31 Å². The van der Waals surface area contributed by atoms with Crippen molar-refractivity contribution in [1.82, 2.24) is 4.90 Å². The van der Waals surface area contributed by atoms with Gasteiger partial charge in [-0.3, -0.25) is 13.9 Å². The van der Waals surface area contributed by atoms with Gasteiger partial charge in [-0.05, 0) is 56.9 Å². The summed E-state index contributed by atoms with van der Waals surface area (Å²) >= 11 is 0. The monoisotopic (exact) mass is 380 g/mol. The second-order valence-corrected chi connectivity index (χ2v) is 9.45. The highest BCUT2D eigenvalue weighted by Crippen LogP contribution is 2.32. The lowest BCUT2D eigenvalue weighted by Crippen LogP contribution is -2.48. The minimum absolute atomic E-state index is 0.147. The Balaban J connectivity index is 1.83. The first-order chi connectivity index (χ1) is 12.1. The Hall–Kier alpha value is -2.09. The molecule has 0 aromatic heterocycles. The predicted molar refractivity (Wildman–Crippen MR) is 97.8 cm³/mol. The van der Waals surface area contributed by atoms with Crippen LogP contribution in [0.3, 0.4) is 0 Å². The van der Waals surface area contributed by atoms with Gasteiger partial charge in [-0.15, -0.1) is 0 Å². The van der Waals surface area contributed by atoms with Crippen LogP contribution >= 0.6 is 0 Å². The summed E-state index contributed by atoms with van der Waals surface area (Å²) < 4.78 is 25.5. The number of carbonyl (C=O) groups excluding carboxylic acids is 1. The second kappa shape index (κ2) is 6.57. The molecule has 0 saturated carbocycles. The van der Waals surface area contributed by atoms with E-state index in [1.54, 1.807) is 36.9 Å². The van der Waals surface area contributed by atoms with Crippen LogP contribution in [0.5, 0.6) is 0 Å². The van der Waals surface area contributed by atoms with Gasteiger partial charge in [-0.1, -0.05) is 0 Å². The minimum atomic E-state index is -3.26. The molecule has 0 radical (unpaired) electrons. The van der Waals surface area contributed by atoms with Gasteiger partial charge in [0.1, 0.15) is 0 Å². The van der Waals surface area contributed by atoms with E-state index >= 15 is 0 Å². The quantitative estimate of drug-likeness (QED) is 0.864. The van der Waals surface area contributed by atoms with Crippen molar-refractivity contribution in [3.8, 4) is 0 Å². The van der Waals surface area contributed by atoms with Crippen molar-refractivity contribution in [3.05, 3.63) is 29.3 Å². The number of amides is 1. The molecule has 2 aliphatic rings. The van der Waals surface area contributed by atoms with Crippen molar-refractivity contribution in [2.45, 2.75) is 33.1 Å². The topological polar surface area (TPSA) is 95.0 Å². The van der Waals surface area contributed by atoms with Gasteiger partial charge >= 0.3 is 5.97 Å². The fourth-order valence-corrected chi connectivity index (χ4v) is 5.29. The molecule has 1 N–H and O–H groups in total. The number of anilines is 1. The zero-order chi connectivity index (χ0) is 19.1. The van der Waals surface area contributed by atoms with E-state index in [0.717, 1.165) is 0 Å². The fraction of sp³-hybridized carbons (Fsp3) is 0.556. The standard InChI is InChI=1S/C18H24N2O5S/c1-13-11-14(20-9-4-10-26(20,24)25)5-6-15(13)16(21)19-8-3-7-18(2,12-19)17(22)23/h5-6,11H,3-4,7-10,12H2,1-2H3,(H,22,23). The van der Waals surface area contributed by atoms with Crippen molar-refractivity contribution in [2.24, 2.45) is 5.41 Å². The number of hydrogen-bond acceptors (Lipinski definition) is 4. The maximum atomic E-state index is 12.9. The Bertz CT molecular complexity index is 851. The third-order valence-corrected chi connectivity index (χ3v) is 7.20. The molecule has 142 valence electrons. The van der Waals surface area contributed by atoms with Crippen LogP contribution in [0.25, 0.3) is 0 Å². The van der Waals surface area contributed by atoms with Crippen molar-refractivity contribution >= 4 is 27.6 Å². The highest BCUT2D eigenvalue weighted by Gasteiger charge is 2.39. The highest BCUT2D eigenvalue weighted by atomic mass is 32.2. The highest BCUT2D eigenvalue weighted by molar-refractivity contribution is 7.93. The van der Waals surface area contributed by atoms with Crippen LogP contribution in [0.2, 0.25) is 0 Å². The molecule has 3 rings (SSSR count). The van der Waals surface area contributed by atoms with Crippen molar-refractivity contribution in [2.75, 3.05) is 29.7 Å². The molecule has 0 aliphatic carbocycles. The first-order valence-corrected chi connectivity index (χ1v) is 10.4. The number of carboxylic acids is 1. The van der Waals surface area contributed by atoms with Crippen molar-refractivity contribution in [1.29, 1.82) is 0 Å². The van der Waals surface area contributed by atoms with Crippen LogP contribution in [-0.4, -0.2) is 55.7 Å². The Morgan fingerprint density at radius 1 is 1.19 bits per heavy atom. The molecule has 8 heteroatoms. The predicted octanol–water partition coefficient (Wildman–Crippen LogP) is 1.86. The molecule has 26 heavy (non-hydrogen) atoms. The van der Waals surface area contributed by atoms with Gasteiger partial charge in [0.05, 0.1) is 16.9 Å². The summed E-state index contributed by atoms with van der Waals surface area (Å²) in [6.45, 7) is 4.62. The lowest BCUT2D eigenvalue weighted by atomic mass is 9.82. The molecule has 2 saturated heterocycles. The van der Waals surface area contributed by atoms with Crippen LogP contribution in [0.4, 0.5) is 5.69 Å². The van der Waals surface area contributed by atoms with E-state index in [0.29, 0.717) is 49.2 Å². The number of aryl methyl sites for hydroxylation is 1. The summed E-state index contributed by atoms with van der Waals surface area (Å²) in [6.07, 6.45) is 1.80. The Kier molecular flexibility index (Phi) is 4.72. The van der Waals surface area contributed by atoms with Gasteiger partial charge in [0.15, 0.2) is 0 Å². The van der Waals surface area contributed by atoms with E-state index in [1.807, 2.05) is 0 Å². The van der Waals surface area contributed by atoms with Crippen LogP contribution in [0, 0.1) is 12.3 Å². The zero-order valence-corrected chi connectivity index (χ0v) is 15.9. The van der Waals surface area contributed by atoms with Gasteiger partial charge in [0, 0.05) is 25.2 Å². The molecule has 1 atom stereocenters. The Labute approximate surface area is 153 Å². The summed E-state index contributed by atoms with van der Waals surface area (Å²) in [5.41, 5.74) is 0.827. The Morgan fingerprint density at radius 2 is 1.92 bits per heavy atom. The van der Waals surface area contributed by atoms with Gasteiger partial charge < -0.3 is 10.0 Å². The van der Waals surface area contributed by atoms with Crippen LogP contribution in [0.15, 0.2) is 18.2 Å². The summed E-state index contributed by atoms with van der Waals surface area (Å²) in [7, 11) is -3.26. The molecule has 1 aromatic carbocycles. The molecular weight excluding hydrogens is 356 g/mol. The molecule has 1 unspecified atom stereocenters. The number of rotatable bonds is 3. The number of carbonyl (C=O) groups is 2. The first kappa shape index (κ1) is 18.7. The molecule has 1 amide bonds. The Morgan fingerprint density at radius 3 is 2.50 bits per heavy atom. The van der Waals surface area contributed by atoms with E-state index in [9.17, 15) is 23.1 Å². The number of hydrogen-bond donors (Lipinski definition) is 1. The van der Waals surface area contributed by atoms with E-state index in [1.165, 1.54) is 4.31 Å². The number of benzene rings is 1. The van der Waals surface area contributed by atoms with E-state index in [2.05, 4.69) is 0 Å². The van der Waals surface area contributed by atoms with Gasteiger partial charge in [0.2, 0.25) is 10.0 Å². The molecule has 2 fully saturated rings. The van der Waals surface area contributed by atoms with Crippen LogP contribution in [-0.2, 0) is 14.8 Å². The van der Waals surface area contributed by atoms with Gasteiger partial charge in [0.25, 0.3) is 5.91 Å². The minimum Gasteiger partial charge on any atom is -0.481 e. The molecular formula is C18H24N2O5S. The average molecular weight is 380 g/mol. The summed E-state index contributed by atoms with van der Waals surface area (Å²) in [6, 6.07) is 5.02. The SMILES string of the molecule is Cc1cc(N2CCCS2(=O)=O)ccc1C(=O)N1CCCC(C)(C(=O)O)C1. The molecule has 2 heterocycles. The molecule has 0 spiro atoms. The molecule has 0 bridgehead atoms. The maximum Gasteiger partial charge on any atom is 0.311 e. The number of piperidine rings is 1. The van der Waals surface area contributed by atoms with Gasteiger partial charge in [-0.2, -0.15) is 0 Å². The molecule has 7 nitrogen and oxygen atoms in total. The molecule has 2 aliphatic heterocycles. The number of likely N-dealkylation sites (tertiary alicyclic amines) is 1. The lowest BCUT2D eigenvalue weighted by Gasteiger charge is -2.37. The lowest BCUT2D eigenvalue weighted by molar-refractivity contribution is -0.150. The average Bonchev–Trinajstić information content (AvgIpc) is 2.93. The third kappa shape index (κ3) is 3.30. The van der Waals surface area contributed by atoms with E-state index in [-0.39, 0.29) is 18.2 Å². The fourth-order valence-electron chi connectivity index (χ4n) is 3.73. The normalized spacial score (nSPS) is 25.3. The summed E-state index contributed by atoms with van der Waals surface area (Å²) in [5.74, 6) is -0.944. The van der Waals surface area contributed by atoms with Crippen molar-refractivity contribution in [3.63, 3.8) is 0 Å². The van der Waals surface area contributed by atoms with Crippen molar-refractivity contribution < 1.29 is 23.1 Å². The number of nitrogens with zero attached hydrogens (tertiary/aromatic N) is 2. The maximum absolute atomic E-state index is 12.9. The van der Waals surface area contributed by atoms with Crippen LogP contribution in [0.1, 0.15) is 42.1 Å². The number of sulfonamides is 1.